The summed E-state index contributed by atoms with van der Waals surface area (Å²) in [7, 11) is 0. The standard InChI is InChI=1S/C19H12ClNO2S/c20-13-7-8-16-12(10-13)11-17(23-16)19(22)21-15-5-2-1-4-14(15)18-6-3-9-24-18/h1-11H,(H,21,22). The molecular weight excluding hydrogens is 342 g/mol. The van der Waals surface area contributed by atoms with Crippen LogP contribution in [0, 0.1) is 0 Å². The highest BCUT2D eigenvalue weighted by Gasteiger charge is 2.15. The first kappa shape index (κ1) is 15.0. The van der Waals surface area contributed by atoms with Gasteiger partial charge in [-0.1, -0.05) is 35.9 Å². The van der Waals surface area contributed by atoms with Gasteiger partial charge in [0.1, 0.15) is 5.58 Å². The fraction of sp³-hybridized carbons (Fsp3) is 0. The van der Waals surface area contributed by atoms with E-state index in [4.69, 9.17) is 16.0 Å². The predicted octanol–water partition coefficient (Wildman–Crippen LogP) is 6.07. The molecule has 0 aliphatic carbocycles. The van der Waals surface area contributed by atoms with E-state index in [9.17, 15) is 4.79 Å². The number of hydrogen-bond donors (Lipinski definition) is 1. The van der Waals surface area contributed by atoms with Gasteiger partial charge in [-0.15, -0.1) is 11.3 Å². The summed E-state index contributed by atoms with van der Waals surface area (Å²) in [6.45, 7) is 0. The molecule has 2 aromatic heterocycles. The number of anilines is 1. The van der Waals surface area contributed by atoms with Crippen LogP contribution in [0.4, 0.5) is 5.69 Å². The van der Waals surface area contributed by atoms with E-state index in [0.29, 0.717) is 10.6 Å². The van der Waals surface area contributed by atoms with Crippen LogP contribution in [0.15, 0.2) is 70.5 Å². The van der Waals surface area contributed by atoms with E-state index >= 15 is 0 Å². The van der Waals surface area contributed by atoms with Crippen molar-refractivity contribution in [1.29, 1.82) is 0 Å². The number of thiophene rings is 1. The van der Waals surface area contributed by atoms with Gasteiger partial charge >= 0.3 is 0 Å². The number of carbonyl (C=O) groups excluding carboxylic acids is 1. The van der Waals surface area contributed by atoms with E-state index in [1.165, 1.54) is 0 Å². The molecule has 5 heteroatoms. The molecule has 0 bridgehead atoms. The Bertz CT molecular complexity index is 1020. The number of hydrogen-bond acceptors (Lipinski definition) is 3. The van der Waals surface area contributed by atoms with Gasteiger partial charge in [0.05, 0.1) is 0 Å². The second kappa shape index (κ2) is 6.15. The molecule has 0 spiro atoms. The van der Waals surface area contributed by atoms with Crippen molar-refractivity contribution in [3.63, 3.8) is 0 Å². The Balaban J connectivity index is 1.66. The number of furan rings is 1. The van der Waals surface area contributed by atoms with Gasteiger partial charge in [-0.05, 0) is 41.8 Å². The summed E-state index contributed by atoms with van der Waals surface area (Å²) in [6.07, 6.45) is 0. The van der Waals surface area contributed by atoms with Crippen molar-refractivity contribution >= 4 is 45.5 Å². The van der Waals surface area contributed by atoms with Crippen LogP contribution in [0.3, 0.4) is 0 Å². The van der Waals surface area contributed by atoms with Crippen LogP contribution in [0.25, 0.3) is 21.4 Å². The lowest BCUT2D eigenvalue weighted by molar-refractivity contribution is 0.0999. The lowest BCUT2D eigenvalue weighted by atomic mass is 10.1. The number of para-hydroxylation sites is 1. The van der Waals surface area contributed by atoms with Crippen LogP contribution in [0.1, 0.15) is 10.6 Å². The second-order valence-electron chi connectivity index (χ2n) is 5.27. The Morgan fingerprint density at radius 2 is 1.92 bits per heavy atom. The molecule has 1 N–H and O–H groups in total. The lowest BCUT2D eigenvalue weighted by Crippen LogP contribution is -2.11. The number of halogens is 1. The highest BCUT2D eigenvalue weighted by Crippen LogP contribution is 2.32. The zero-order valence-corrected chi connectivity index (χ0v) is 14.0. The molecule has 3 nitrogen and oxygen atoms in total. The molecule has 1 amide bonds. The fourth-order valence-electron chi connectivity index (χ4n) is 2.55. The average molecular weight is 354 g/mol. The molecule has 118 valence electrons. The molecule has 0 saturated heterocycles. The van der Waals surface area contributed by atoms with Crippen molar-refractivity contribution in [2.45, 2.75) is 0 Å². The first-order valence-corrected chi connectivity index (χ1v) is 8.60. The maximum absolute atomic E-state index is 12.6. The van der Waals surface area contributed by atoms with Gasteiger partial charge in [0.25, 0.3) is 5.91 Å². The minimum atomic E-state index is -0.286. The molecular formula is C19H12ClNO2S. The van der Waals surface area contributed by atoms with E-state index in [2.05, 4.69) is 5.32 Å². The normalized spacial score (nSPS) is 10.9. The van der Waals surface area contributed by atoms with Gasteiger partial charge in [0, 0.05) is 26.5 Å². The zero-order chi connectivity index (χ0) is 16.5. The number of rotatable bonds is 3. The summed E-state index contributed by atoms with van der Waals surface area (Å²) in [5.74, 6) is -0.0282. The predicted molar refractivity (Wildman–Crippen MR) is 98.9 cm³/mol. The molecule has 0 aliphatic heterocycles. The molecule has 4 rings (SSSR count). The molecule has 0 aliphatic rings. The van der Waals surface area contributed by atoms with Gasteiger partial charge in [0.15, 0.2) is 5.76 Å². The number of nitrogens with one attached hydrogen (secondary N) is 1. The number of amides is 1. The Morgan fingerprint density at radius 1 is 1.04 bits per heavy atom. The van der Waals surface area contributed by atoms with E-state index in [0.717, 1.165) is 21.5 Å². The third-order valence-electron chi connectivity index (χ3n) is 3.66. The van der Waals surface area contributed by atoms with Crippen LogP contribution in [0.5, 0.6) is 0 Å². The molecule has 24 heavy (non-hydrogen) atoms. The number of benzene rings is 2. The summed E-state index contributed by atoms with van der Waals surface area (Å²) in [5, 5.41) is 6.36. The van der Waals surface area contributed by atoms with Gasteiger partial charge in [-0.25, -0.2) is 0 Å². The topological polar surface area (TPSA) is 42.2 Å². The first-order chi connectivity index (χ1) is 11.7. The van der Waals surface area contributed by atoms with Crippen LogP contribution >= 0.6 is 22.9 Å². The van der Waals surface area contributed by atoms with Crippen molar-refractivity contribution in [1.82, 2.24) is 0 Å². The maximum Gasteiger partial charge on any atom is 0.291 e. The van der Waals surface area contributed by atoms with Gasteiger partial charge in [-0.3, -0.25) is 4.79 Å². The molecule has 2 heterocycles. The SMILES string of the molecule is O=C(Nc1ccccc1-c1cccs1)c1cc2cc(Cl)ccc2o1. The smallest absolute Gasteiger partial charge is 0.291 e. The van der Waals surface area contributed by atoms with Crippen molar-refractivity contribution in [2.75, 3.05) is 5.32 Å². The average Bonchev–Trinajstić information content (AvgIpc) is 3.24. The van der Waals surface area contributed by atoms with Gasteiger partial charge in [0.2, 0.25) is 0 Å². The Kier molecular flexibility index (Phi) is 3.84. The molecule has 0 atom stereocenters. The molecule has 2 aromatic carbocycles. The van der Waals surface area contributed by atoms with Gasteiger partial charge < -0.3 is 9.73 Å². The van der Waals surface area contributed by atoms with E-state index in [1.54, 1.807) is 35.6 Å². The highest BCUT2D eigenvalue weighted by molar-refractivity contribution is 7.13. The highest BCUT2D eigenvalue weighted by atomic mass is 35.5. The molecule has 0 saturated carbocycles. The van der Waals surface area contributed by atoms with E-state index in [1.807, 2.05) is 41.8 Å². The van der Waals surface area contributed by atoms with Crippen LogP contribution < -0.4 is 5.32 Å². The largest absolute Gasteiger partial charge is 0.451 e. The Labute approximate surface area is 147 Å². The van der Waals surface area contributed by atoms with Crippen LogP contribution in [-0.2, 0) is 0 Å². The lowest BCUT2D eigenvalue weighted by Gasteiger charge is -2.08. The van der Waals surface area contributed by atoms with E-state index < -0.39 is 0 Å². The van der Waals surface area contributed by atoms with Crippen molar-refractivity contribution < 1.29 is 9.21 Å². The summed E-state index contributed by atoms with van der Waals surface area (Å²) in [5.41, 5.74) is 2.37. The Hall–Kier alpha value is -2.56. The number of fused-ring (bicyclic) bond motifs is 1. The van der Waals surface area contributed by atoms with Crippen LogP contribution in [-0.4, -0.2) is 5.91 Å². The van der Waals surface area contributed by atoms with Crippen LogP contribution in [0.2, 0.25) is 5.02 Å². The van der Waals surface area contributed by atoms with Crippen molar-refractivity contribution in [3.05, 3.63) is 76.8 Å². The summed E-state index contributed by atoms with van der Waals surface area (Å²) in [6, 6.07) is 18.7. The minimum Gasteiger partial charge on any atom is -0.451 e. The zero-order valence-electron chi connectivity index (χ0n) is 12.5. The quantitative estimate of drug-likeness (QED) is 0.486. The maximum atomic E-state index is 12.6. The second-order valence-corrected chi connectivity index (χ2v) is 6.65. The molecule has 0 unspecified atom stereocenters. The minimum absolute atomic E-state index is 0.258. The third kappa shape index (κ3) is 2.82. The van der Waals surface area contributed by atoms with Crippen molar-refractivity contribution in [2.24, 2.45) is 0 Å². The van der Waals surface area contributed by atoms with Gasteiger partial charge in [-0.2, -0.15) is 0 Å². The summed E-state index contributed by atoms with van der Waals surface area (Å²) < 4.78 is 5.62. The molecule has 4 aromatic rings. The third-order valence-corrected chi connectivity index (χ3v) is 4.80. The summed E-state index contributed by atoms with van der Waals surface area (Å²) in [4.78, 5) is 13.7. The molecule has 0 radical (unpaired) electrons. The Morgan fingerprint density at radius 3 is 2.75 bits per heavy atom. The monoisotopic (exact) mass is 353 g/mol. The number of carbonyl (C=O) groups is 1. The summed E-state index contributed by atoms with van der Waals surface area (Å²) >= 11 is 7.60. The first-order valence-electron chi connectivity index (χ1n) is 7.34. The van der Waals surface area contributed by atoms with E-state index in [-0.39, 0.29) is 11.7 Å². The van der Waals surface area contributed by atoms with Crippen molar-refractivity contribution in [3.8, 4) is 10.4 Å². The fourth-order valence-corrected chi connectivity index (χ4v) is 3.50. The molecule has 0 fully saturated rings.